The summed E-state index contributed by atoms with van der Waals surface area (Å²) in [5, 5.41) is 2.41. The number of para-hydroxylation sites is 2. The number of carbonyl (C=O) groups is 1. The second-order valence-corrected chi connectivity index (χ2v) is 8.79. The average Bonchev–Trinajstić information content (AvgIpc) is 3.49. The highest BCUT2D eigenvalue weighted by molar-refractivity contribution is 6.00. The lowest BCUT2D eigenvalue weighted by atomic mass is 9.90. The smallest absolute Gasteiger partial charge is 0.311 e. The fraction of sp³-hybridized carbons (Fsp3) is 0.207. The van der Waals surface area contributed by atoms with E-state index in [0.717, 1.165) is 5.52 Å². The van der Waals surface area contributed by atoms with Gasteiger partial charge in [-0.25, -0.2) is 0 Å². The monoisotopic (exact) mass is 434 g/mol. The van der Waals surface area contributed by atoms with Gasteiger partial charge in [-0.3, -0.25) is 4.79 Å². The van der Waals surface area contributed by atoms with Crippen molar-refractivity contribution in [3.8, 4) is 11.1 Å². The van der Waals surface area contributed by atoms with Gasteiger partial charge in [-0.2, -0.15) is 0 Å². The minimum absolute atomic E-state index is 0.118. The molecule has 6 rings (SSSR count). The van der Waals surface area contributed by atoms with E-state index in [1.165, 1.54) is 38.7 Å². The molecule has 0 fully saturated rings. The number of hydrogen-bond acceptors (Lipinski definition) is 2. The molecule has 1 aliphatic heterocycles. The molecule has 0 unspecified atom stereocenters. The van der Waals surface area contributed by atoms with E-state index in [2.05, 4.69) is 95.2 Å². The molecule has 0 aliphatic carbocycles. The highest BCUT2D eigenvalue weighted by Gasteiger charge is 2.43. The number of carbonyl (C=O) groups excluding carboxylic acids is 1. The number of fused-ring (bicyclic) bond motifs is 4. The predicted molar refractivity (Wildman–Crippen MR) is 132 cm³/mol. The summed E-state index contributed by atoms with van der Waals surface area (Å²) in [7, 11) is 2.07. The summed E-state index contributed by atoms with van der Waals surface area (Å²) >= 11 is 0. The van der Waals surface area contributed by atoms with Gasteiger partial charge in [0, 0.05) is 58.3 Å². The molecule has 0 saturated heterocycles. The minimum atomic E-state index is -0.266. The Kier molecular flexibility index (Phi) is 4.61. The topological polar surface area (TPSA) is 36.2 Å². The SMILES string of the molecule is CCOC(=O)[C@H]1Cc2c(-c3ccccc3)c3ccccc3n2[C@@H]1c1cn(C)c2ccccc12. The van der Waals surface area contributed by atoms with Crippen molar-refractivity contribution in [3.05, 3.63) is 96.3 Å². The highest BCUT2D eigenvalue weighted by atomic mass is 16.5. The molecule has 0 radical (unpaired) electrons. The predicted octanol–water partition coefficient (Wildman–Crippen LogP) is 6.12. The maximum absolute atomic E-state index is 13.3. The van der Waals surface area contributed by atoms with Gasteiger partial charge < -0.3 is 13.9 Å². The molecule has 4 heteroatoms. The van der Waals surface area contributed by atoms with Crippen molar-refractivity contribution in [1.29, 1.82) is 0 Å². The van der Waals surface area contributed by atoms with Gasteiger partial charge in [-0.15, -0.1) is 0 Å². The zero-order valence-electron chi connectivity index (χ0n) is 18.9. The average molecular weight is 435 g/mol. The van der Waals surface area contributed by atoms with Crippen LogP contribution in [0.25, 0.3) is 32.9 Å². The van der Waals surface area contributed by atoms with Crippen molar-refractivity contribution in [1.82, 2.24) is 9.13 Å². The molecule has 164 valence electrons. The maximum atomic E-state index is 13.3. The normalized spacial score (nSPS) is 17.5. The van der Waals surface area contributed by atoms with E-state index in [4.69, 9.17) is 4.74 Å². The van der Waals surface area contributed by atoms with Gasteiger partial charge in [-0.05, 0) is 24.6 Å². The van der Waals surface area contributed by atoms with Crippen LogP contribution in [0, 0.1) is 5.92 Å². The molecule has 3 aromatic carbocycles. The van der Waals surface area contributed by atoms with Crippen LogP contribution in [0.2, 0.25) is 0 Å². The minimum Gasteiger partial charge on any atom is -0.466 e. The van der Waals surface area contributed by atoms with Gasteiger partial charge in [0.05, 0.1) is 18.6 Å². The second kappa shape index (κ2) is 7.66. The van der Waals surface area contributed by atoms with Gasteiger partial charge >= 0.3 is 5.97 Å². The first-order valence-electron chi connectivity index (χ1n) is 11.6. The van der Waals surface area contributed by atoms with Gasteiger partial charge in [-0.1, -0.05) is 66.7 Å². The molecule has 2 aromatic heterocycles. The second-order valence-electron chi connectivity index (χ2n) is 8.79. The largest absolute Gasteiger partial charge is 0.466 e. The van der Waals surface area contributed by atoms with E-state index in [-0.39, 0.29) is 17.9 Å². The summed E-state index contributed by atoms with van der Waals surface area (Å²) in [5.41, 5.74) is 7.12. The van der Waals surface area contributed by atoms with Crippen molar-refractivity contribution < 1.29 is 9.53 Å². The zero-order chi connectivity index (χ0) is 22.5. The number of esters is 1. The lowest BCUT2D eigenvalue weighted by molar-refractivity contribution is -0.148. The lowest BCUT2D eigenvalue weighted by Gasteiger charge is -2.21. The number of aryl methyl sites for hydroxylation is 1. The van der Waals surface area contributed by atoms with E-state index in [1.807, 2.05) is 13.0 Å². The first kappa shape index (κ1) is 19.9. The quantitative estimate of drug-likeness (QED) is 0.319. The molecule has 0 saturated carbocycles. The number of ether oxygens (including phenoxy) is 1. The summed E-state index contributed by atoms with van der Waals surface area (Å²) < 4.78 is 10.2. The molecular formula is C29H26N2O2. The van der Waals surface area contributed by atoms with Crippen molar-refractivity contribution in [3.63, 3.8) is 0 Å². The Morgan fingerprint density at radius 3 is 2.33 bits per heavy atom. The highest BCUT2D eigenvalue weighted by Crippen LogP contribution is 2.48. The Balaban J connectivity index is 1.66. The van der Waals surface area contributed by atoms with E-state index in [0.29, 0.717) is 13.0 Å². The van der Waals surface area contributed by atoms with Crippen molar-refractivity contribution >= 4 is 27.8 Å². The van der Waals surface area contributed by atoms with Gasteiger partial charge in [0.25, 0.3) is 0 Å². The third kappa shape index (κ3) is 2.94. The van der Waals surface area contributed by atoms with Crippen LogP contribution in [-0.2, 0) is 23.0 Å². The molecular weight excluding hydrogens is 408 g/mol. The zero-order valence-corrected chi connectivity index (χ0v) is 18.9. The number of nitrogens with zero attached hydrogens (tertiary/aromatic N) is 2. The van der Waals surface area contributed by atoms with Crippen LogP contribution in [0.5, 0.6) is 0 Å². The van der Waals surface area contributed by atoms with E-state index >= 15 is 0 Å². The molecule has 0 bridgehead atoms. The molecule has 33 heavy (non-hydrogen) atoms. The Morgan fingerprint density at radius 1 is 0.909 bits per heavy atom. The van der Waals surface area contributed by atoms with Gasteiger partial charge in [0.15, 0.2) is 0 Å². The fourth-order valence-corrected chi connectivity index (χ4v) is 5.69. The first-order valence-corrected chi connectivity index (χ1v) is 11.6. The summed E-state index contributed by atoms with van der Waals surface area (Å²) in [4.78, 5) is 13.3. The summed E-state index contributed by atoms with van der Waals surface area (Å²) in [6.07, 6.45) is 2.85. The number of benzene rings is 3. The molecule has 3 heterocycles. The van der Waals surface area contributed by atoms with Crippen molar-refractivity contribution in [2.45, 2.75) is 19.4 Å². The number of aromatic nitrogens is 2. The van der Waals surface area contributed by atoms with Crippen molar-refractivity contribution in [2.75, 3.05) is 6.61 Å². The molecule has 0 spiro atoms. The van der Waals surface area contributed by atoms with Crippen LogP contribution in [0.1, 0.15) is 24.2 Å². The molecule has 4 nitrogen and oxygen atoms in total. The molecule has 1 aliphatic rings. The first-order chi connectivity index (χ1) is 16.2. The van der Waals surface area contributed by atoms with E-state index in [1.54, 1.807) is 0 Å². The maximum Gasteiger partial charge on any atom is 0.311 e. The summed E-state index contributed by atoms with van der Waals surface area (Å²) in [5.74, 6) is -0.389. The fourth-order valence-electron chi connectivity index (χ4n) is 5.69. The van der Waals surface area contributed by atoms with E-state index in [9.17, 15) is 4.79 Å². The molecule has 0 N–H and O–H groups in total. The number of rotatable bonds is 4. The summed E-state index contributed by atoms with van der Waals surface area (Å²) in [6.45, 7) is 2.27. The number of hydrogen-bond donors (Lipinski definition) is 0. The van der Waals surface area contributed by atoms with E-state index < -0.39 is 0 Å². The Bertz CT molecular complexity index is 1490. The molecule has 0 amide bonds. The van der Waals surface area contributed by atoms with Crippen LogP contribution in [-0.4, -0.2) is 21.7 Å². The van der Waals surface area contributed by atoms with Crippen molar-refractivity contribution in [2.24, 2.45) is 13.0 Å². The van der Waals surface area contributed by atoms with Gasteiger partial charge in [0.1, 0.15) is 0 Å². The van der Waals surface area contributed by atoms with Crippen LogP contribution < -0.4 is 0 Å². The summed E-state index contributed by atoms with van der Waals surface area (Å²) in [6, 6.07) is 27.4. The Morgan fingerprint density at radius 2 is 1.58 bits per heavy atom. The third-order valence-corrected chi connectivity index (χ3v) is 6.98. The molecule has 2 atom stereocenters. The van der Waals surface area contributed by atoms with Crippen LogP contribution in [0.4, 0.5) is 0 Å². The standard InChI is InChI=1S/C29H26N2O2/c1-3-33-29(32)22-17-26-27(19-11-5-4-6-12-19)21-14-8-10-16-25(21)31(26)28(22)23-18-30(2)24-15-9-7-13-20(23)24/h4-16,18,22,28H,3,17H2,1-2H3/t22-,28-/m0/s1. The third-order valence-electron chi connectivity index (χ3n) is 6.98. The van der Waals surface area contributed by atoms with Crippen LogP contribution in [0.15, 0.2) is 85.1 Å². The lowest BCUT2D eigenvalue weighted by Crippen LogP contribution is -2.25. The van der Waals surface area contributed by atoms with Gasteiger partial charge in [0.2, 0.25) is 0 Å². The van der Waals surface area contributed by atoms with Crippen LogP contribution in [0.3, 0.4) is 0 Å². The Hall–Kier alpha value is -3.79. The molecule has 5 aromatic rings. The Labute approximate surface area is 193 Å². The van der Waals surface area contributed by atoms with Crippen LogP contribution >= 0.6 is 0 Å².